The summed E-state index contributed by atoms with van der Waals surface area (Å²) in [6, 6.07) is 10.5. The average Bonchev–Trinajstić information content (AvgIpc) is 2.72. The molecule has 3 aromatic rings. The highest BCUT2D eigenvalue weighted by Gasteiger charge is 2.11. The molecule has 0 radical (unpaired) electrons. The smallest absolute Gasteiger partial charge is 0.302 e. The van der Waals surface area contributed by atoms with Crippen LogP contribution < -0.4 is 14.9 Å². The number of hydrogen-bond acceptors (Lipinski definition) is 7. The molecule has 0 N–H and O–H groups in total. The van der Waals surface area contributed by atoms with E-state index < -0.39 is 0 Å². The summed E-state index contributed by atoms with van der Waals surface area (Å²) < 4.78 is 22.8. The third kappa shape index (κ3) is 4.89. The fourth-order valence-corrected chi connectivity index (χ4v) is 3.12. The van der Waals surface area contributed by atoms with Gasteiger partial charge >= 0.3 is 11.9 Å². The minimum absolute atomic E-state index is 0.136. The van der Waals surface area contributed by atoms with E-state index in [1.54, 1.807) is 24.3 Å². The molecule has 0 saturated carbocycles. The molecule has 0 fully saturated rings. The quantitative estimate of drug-likeness (QED) is 0.318. The summed E-state index contributed by atoms with van der Waals surface area (Å²) in [6.45, 7) is 3.32. The van der Waals surface area contributed by atoms with Gasteiger partial charge in [-0.05, 0) is 36.4 Å². The van der Waals surface area contributed by atoms with Gasteiger partial charge in [0.2, 0.25) is 0 Å². The number of rotatable bonds is 8. The van der Waals surface area contributed by atoms with Crippen LogP contribution in [0.25, 0.3) is 21.8 Å². The van der Waals surface area contributed by atoms with E-state index in [4.69, 9.17) is 18.9 Å². The lowest BCUT2D eigenvalue weighted by Gasteiger charge is -2.13. The first-order chi connectivity index (χ1) is 14.4. The molecule has 0 aliphatic rings. The van der Waals surface area contributed by atoms with E-state index in [0.717, 1.165) is 11.0 Å². The van der Waals surface area contributed by atoms with Crippen LogP contribution in [0.4, 0.5) is 0 Å². The zero-order valence-corrected chi connectivity index (χ0v) is 17.1. The Morgan fingerprint density at radius 1 is 0.767 bits per heavy atom. The SMILES string of the molecule is CC(=O)OCCOc1ccc2c(c1)c(=O)c1cc(OCCOC(C)=O)ccc1n2C. The van der Waals surface area contributed by atoms with Crippen molar-refractivity contribution >= 4 is 33.7 Å². The standard InChI is InChI=1S/C22H23NO7/c1-14(24)27-8-10-29-16-4-6-20-18(12-16)22(26)19-13-17(5-7-21(19)23(20)3)30-11-9-28-15(2)25/h4-7,12-13H,8-11H2,1-3H3. The Bertz CT molecular complexity index is 1060. The molecule has 0 unspecified atom stereocenters. The van der Waals surface area contributed by atoms with E-state index >= 15 is 0 Å². The van der Waals surface area contributed by atoms with Gasteiger partial charge < -0.3 is 23.5 Å². The number of pyridine rings is 1. The molecular formula is C22H23NO7. The molecule has 8 heteroatoms. The molecule has 0 saturated heterocycles. The zero-order chi connectivity index (χ0) is 21.7. The predicted octanol–water partition coefficient (Wildman–Crippen LogP) is 2.58. The number of carbonyl (C=O) groups excluding carboxylic acids is 2. The van der Waals surface area contributed by atoms with E-state index in [-0.39, 0.29) is 43.8 Å². The number of nitrogens with zero attached hydrogens (tertiary/aromatic N) is 1. The summed E-state index contributed by atoms with van der Waals surface area (Å²) in [5.41, 5.74) is 1.39. The van der Waals surface area contributed by atoms with Gasteiger partial charge in [0.1, 0.15) is 37.9 Å². The lowest BCUT2D eigenvalue weighted by atomic mass is 10.1. The Balaban J connectivity index is 1.88. The van der Waals surface area contributed by atoms with Gasteiger partial charge in [0.05, 0.1) is 11.0 Å². The Labute approximate surface area is 172 Å². The van der Waals surface area contributed by atoms with E-state index in [1.807, 2.05) is 23.7 Å². The van der Waals surface area contributed by atoms with Gasteiger partial charge in [0.15, 0.2) is 5.43 Å². The second-order valence-electron chi connectivity index (χ2n) is 6.62. The minimum atomic E-state index is -0.372. The molecule has 0 bridgehead atoms. The molecule has 2 aromatic carbocycles. The van der Waals surface area contributed by atoms with Crippen LogP contribution in [-0.2, 0) is 26.1 Å². The van der Waals surface area contributed by atoms with Crippen LogP contribution in [0.3, 0.4) is 0 Å². The number of carbonyl (C=O) groups is 2. The molecule has 3 rings (SSSR count). The summed E-state index contributed by atoms with van der Waals surface area (Å²) in [7, 11) is 1.88. The third-order valence-electron chi connectivity index (χ3n) is 4.46. The van der Waals surface area contributed by atoms with Gasteiger partial charge in [-0.3, -0.25) is 14.4 Å². The second-order valence-corrected chi connectivity index (χ2v) is 6.62. The maximum absolute atomic E-state index is 13.1. The van der Waals surface area contributed by atoms with E-state index in [0.29, 0.717) is 22.3 Å². The Kier molecular flexibility index (Phi) is 6.56. The molecule has 0 atom stereocenters. The van der Waals surface area contributed by atoms with Gasteiger partial charge in [-0.25, -0.2) is 0 Å². The highest BCUT2D eigenvalue weighted by Crippen LogP contribution is 2.25. The lowest BCUT2D eigenvalue weighted by molar-refractivity contribution is -0.142. The minimum Gasteiger partial charge on any atom is -0.490 e. The summed E-state index contributed by atoms with van der Waals surface area (Å²) in [5, 5.41) is 1.01. The van der Waals surface area contributed by atoms with Gasteiger partial charge in [-0.15, -0.1) is 0 Å². The molecule has 0 spiro atoms. The van der Waals surface area contributed by atoms with E-state index in [1.165, 1.54) is 13.8 Å². The maximum atomic E-state index is 13.1. The zero-order valence-electron chi connectivity index (χ0n) is 17.1. The molecule has 30 heavy (non-hydrogen) atoms. The number of hydrogen-bond donors (Lipinski definition) is 0. The van der Waals surface area contributed by atoms with Crippen molar-refractivity contribution in [2.75, 3.05) is 26.4 Å². The van der Waals surface area contributed by atoms with Gasteiger partial charge in [-0.2, -0.15) is 0 Å². The van der Waals surface area contributed by atoms with Crippen molar-refractivity contribution in [3.05, 3.63) is 46.6 Å². The third-order valence-corrected chi connectivity index (χ3v) is 4.46. The van der Waals surface area contributed by atoms with Gasteiger partial charge in [0.25, 0.3) is 0 Å². The Hall–Kier alpha value is -3.55. The number of ether oxygens (including phenoxy) is 4. The predicted molar refractivity (Wildman–Crippen MR) is 111 cm³/mol. The largest absolute Gasteiger partial charge is 0.490 e. The van der Waals surface area contributed by atoms with Crippen molar-refractivity contribution in [3.8, 4) is 11.5 Å². The molecule has 8 nitrogen and oxygen atoms in total. The monoisotopic (exact) mass is 413 g/mol. The molecule has 1 heterocycles. The topological polar surface area (TPSA) is 93.1 Å². The highest BCUT2D eigenvalue weighted by molar-refractivity contribution is 5.94. The Morgan fingerprint density at radius 2 is 1.20 bits per heavy atom. The Morgan fingerprint density at radius 3 is 1.60 bits per heavy atom. The van der Waals surface area contributed by atoms with Crippen molar-refractivity contribution in [1.82, 2.24) is 4.57 Å². The van der Waals surface area contributed by atoms with Crippen molar-refractivity contribution in [3.63, 3.8) is 0 Å². The maximum Gasteiger partial charge on any atom is 0.302 e. The highest BCUT2D eigenvalue weighted by atomic mass is 16.6. The molecule has 0 aliphatic carbocycles. The fourth-order valence-electron chi connectivity index (χ4n) is 3.12. The normalized spacial score (nSPS) is 10.8. The number of esters is 2. The summed E-state index contributed by atoms with van der Waals surface area (Å²) >= 11 is 0. The van der Waals surface area contributed by atoms with Crippen molar-refractivity contribution in [1.29, 1.82) is 0 Å². The summed E-state index contributed by atoms with van der Waals surface area (Å²) in [4.78, 5) is 34.8. The molecule has 0 amide bonds. The fraction of sp³-hybridized carbons (Fsp3) is 0.318. The molecule has 158 valence electrons. The van der Waals surface area contributed by atoms with Crippen molar-refractivity contribution in [2.24, 2.45) is 7.05 Å². The number of fused-ring (bicyclic) bond motifs is 2. The van der Waals surface area contributed by atoms with Crippen LogP contribution in [0.15, 0.2) is 41.2 Å². The number of aryl methyl sites for hydroxylation is 1. The molecule has 0 aliphatic heterocycles. The first-order valence-electron chi connectivity index (χ1n) is 9.45. The van der Waals surface area contributed by atoms with Gasteiger partial charge in [-0.1, -0.05) is 0 Å². The first kappa shape index (κ1) is 21.2. The van der Waals surface area contributed by atoms with Crippen LogP contribution in [0.1, 0.15) is 13.8 Å². The second kappa shape index (κ2) is 9.30. The summed E-state index contributed by atoms with van der Waals surface area (Å²) in [5.74, 6) is 0.284. The van der Waals surface area contributed by atoms with Crippen LogP contribution in [0, 0.1) is 0 Å². The first-order valence-corrected chi connectivity index (χ1v) is 9.45. The van der Waals surface area contributed by atoms with Crippen molar-refractivity contribution < 1.29 is 28.5 Å². The van der Waals surface area contributed by atoms with Crippen LogP contribution in [0.2, 0.25) is 0 Å². The van der Waals surface area contributed by atoms with Crippen LogP contribution in [-0.4, -0.2) is 42.9 Å². The number of benzene rings is 2. The summed E-state index contributed by atoms with van der Waals surface area (Å²) in [6.07, 6.45) is 0. The molecule has 1 aromatic heterocycles. The average molecular weight is 413 g/mol. The van der Waals surface area contributed by atoms with E-state index in [2.05, 4.69) is 0 Å². The molecular weight excluding hydrogens is 390 g/mol. The van der Waals surface area contributed by atoms with Gasteiger partial charge in [0, 0.05) is 31.7 Å². The lowest BCUT2D eigenvalue weighted by Crippen LogP contribution is -2.12. The van der Waals surface area contributed by atoms with Crippen molar-refractivity contribution in [2.45, 2.75) is 13.8 Å². The van der Waals surface area contributed by atoms with Crippen LogP contribution >= 0.6 is 0 Å². The van der Waals surface area contributed by atoms with E-state index in [9.17, 15) is 14.4 Å². The number of aromatic nitrogens is 1. The van der Waals surface area contributed by atoms with Crippen LogP contribution in [0.5, 0.6) is 11.5 Å².